The van der Waals surface area contributed by atoms with E-state index < -0.39 is 0 Å². The lowest BCUT2D eigenvalue weighted by atomic mass is 10.0. The summed E-state index contributed by atoms with van der Waals surface area (Å²) in [5, 5.41) is 0. The molecule has 2 rings (SSSR count). The smallest absolute Gasteiger partial charge is 0.159 e. The normalized spacial score (nSPS) is 11.4. The van der Waals surface area contributed by atoms with Gasteiger partial charge in [0.15, 0.2) is 5.78 Å². The molecule has 2 aromatic rings. The predicted octanol–water partition coefficient (Wildman–Crippen LogP) is 5.48. The van der Waals surface area contributed by atoms with Crippen LogP contribution in [0.1, 0.15) is 29.8 Å². The number of ether oxygens (including phenoxy) is 1. The Morgan fingerprint density at radius 3 is 1.85 bits per heavy atom. The van der Waals surface area contributed by atoms with E-state index in [4.69, 9.17) is 10.5 Å². The van der Waals surface area contributed by atoms with Gasteiger partial charge in [0.2, 0.25) is 0 Å². The van der Waals surface area contributed by atoms with E-state index in [-0.39, 0.29) is 5.78 Å². The third kappa shape index (κ3) is 5.08. The molecule has 26 heavy (non-hydrogen) atoms. The molecule has 2 aromatic carbocycles. The van der Waals surface area contributed by atoms with Crippen LogP contribution in [0.25, 0.3) is 16.9 Å². The van der Waals surface area contributed by atoms with E-state index >= 15 is 0 Å². The first-order valence-electron chi connectivity index (χ1n) is 8.28. The van der Waals surface area contributed by atoms with Gasteiger partial charge in [-0.15, -0.1) is 0 Å². The van der Waals surface area contributed by atoms with Crippen LogP contribution in [0.5, 0.6) is 0 Å². The summed E-state index contributed by atoms with van der Waals surface area (Å²) in [6.45, 7) is 11.0. The van der Waals surface area contributed by atoms with Crippen molar-refractivity contribution in [1.82, 2.24) is 0 Å². The van der Waals surface area contributed by atoms with Gasteiger partial charge in [0.05, 0.1) is 0 Å². The monoisotopic (exact) mass is 345 g/mol. The fraction of sp³-hybridized carbons (Fsp3) is 0.0870. The van der Waals surface area contributed by atoms with Crippen LogP contribution in [0.4, 0.5) is 0 Å². The summed E-state index contributed by atoms with van der Waals surface area (Å²) < 4.78 is 5.77. The van der Waals surface area contributed by atoms with Gasteiger partial charge >= 0.3 is 0 Å². The fourth-order valence-corrected chi connectivity index (χ4v) is 2.33. The Hall–Kier alpha value is -3.33. The molecule has 0 heterocycles. The molecular weight excluding hydrogens is 322 g/mol. The molecule has 0 aliphatic heterocycles. The molecule has 132 valence electrons. The first-order valence-corrected chi connectivity index (χ1v) is 8.28. The van der Waals surface area contributed by atoms with Gasteiger partial charge in [-0.05, 0) is 43.2 Å². The maximum atomic E-state index is 11.4. The van der Waals surface area contributed by atoms with Crippen LogP contribution in [-0.2, 0) is 4.74 Å². The predicted molar refractivity (Wildman–Crippen MR) is 108 cm³/mol. The molecular formula is C23H23NO2. The summed E-state index contributed by atoms with van der Waals surface area (Å²) in [7, 11) is 0. The first-order chi connectivity index (χ1) is 12.4. The van der Waals surface area contributed by atoms with Crippen molar-refractivity contribution < 1.29 is 9.53 Å². The molecule has 0 amide bonds. The molecule has 0 unspecified atom stereocenters. The first kappa shape index (κ1) is 19.0. The second kappa shape index (κ2) is 8.67. The van der Waals surface area contributed by atoms with Crippen molar-refractivity contribution in [1.29, 1.82) is 0 Å². The topological polar surface area (TPSA) is 52.3 Å². The zero-order valence-electron chi connectivity index (χ0n) is 15.2. The highest BCUT2D eigenvalue weighted by molar-refractivity contribution is 5.94. The van der Waals surface area contributed by atoms with Crippen molar-refractivity contribution >= 4 is 11.5 Å². The zero-order chi connectivity index (χ0) is 19.1. The number of nitrogens with two attached hydrogens (primary N) is 1. The van der Waals surface area contributed by atoms with E-state index in [2.05, 4.69) is 13.2 Å². The molecule has 0 aromatic heterocycles. The average Bonchev–Trinajstić information content (AvgIpc) is 2.65. The number of benzene rings is 2. The van der Waals surface area contributed by atoms with Crippen molar-refractivity contribution in [3.63, 3.8) is 0 Å². The fourth-order valence-electron chi connectivity index (χ4n) is 2.33. The lowest BCUT2D eigenvalue weighted by Gasteiger charge is -2.10. The standard InChI is InChI=1S/C23H23NO2/c1-5-23(15-6-16(2)24)26-18(4)20-9-13-22(14-10-20)21-11-7-19(8-12-21)17(3)25/h5-15H,2,4,24H2,1,3H3/b15-6-,23-5+. The molecule has 0 saturated heterocycles. The molecule has 2 N–H and O–H groups in total. The minimum Gasteiger partial charge on any atom is -0.458 e. The van der Waals surface area contributed by atoms with Gasteiger partial charge in [0.25, 0.3) is 0 Å². The summed E-state index contributed by atoms with van der Waals surface area (Å²) in [6.07, 6.45) is 5.25. The lowest BCUT2D eigenvalue weighted by molar-refractivity contribution is 0.101. The molecule has 0 bridgehead atoms. The summed E-state index contributed by atoms with van der Waals surface area (Å²) in [5.41, 5.74) is 9.68. The van der Waals surface area contributed by atoms with E-state index in [1.54, 1.807) is 19.1 Å². The van der Waals surface area contributed by atoms with Gasteiger partial charge in [-0.25, -0.2) is 0 Å². The van der Waals surface area contributed by atoms with E-state index in [0.717, 1.165) is 16.7 Å². The highest BCUT2D eigenvalue weighted by Crippen LogP contribution is 2.24. The van der Waals surface area contributed by atoms with Gasteiger partial charge < -0.3 is 10.5 Å². The van der Waals surface area contributed by atoms with E-state index in [1.165, 1.54) is 0 Å². The van der Waals surface area contributed by atoms with Gasteiger partial charge in [0, 0.05) is 16.8 Å². The number of ketones is 1. The molecule has 0 spiro atoms. The van der Waals surface area contributed by atoms with Gasteiger partial charge in [0.1, 0.15) is 11.5 Å². The number of allylic oxidation sites excluding steroid dienone is 3. The molecule has 0 atom stereocenters. The van der Waals surface area contributed by atoms with Crippen molar-refractivity contribution in [2.45, 2.75) is 13.8 Å². The molecule has 3 nitrogen and oxygen atoms in total. The molecule has 0 fully saturated rings. The number of hydrogen-bond acceptors (Lipinski definition) is 3. The number of rotatable bonds is 7. The third-order valence-corrected chi connectivity index (χ3v) is 3.82. The molecule has 0 saturated carbocycles. The number of carbonyl (C=O) groups excluding carboxylic acids is 1. The Bertz CT molecular complexity index is 869. The molecule has 0 aliphatic rings. The third-order valence-electron chi connectivity index (χ3n) is 3.82. The van der Waals surface area contributed by atoms with Crippen LogP contribution in [0.3, 0.4) is 0 Å². The van der Waals surface area contributed by atoms with Gasteiger partial charge in [-0.2, -0.15) is 0 Å². The van der Waals surface area contributed by atoms with Crippen LogP contribution in [-0.4, -0.2) is 5.78 Å². The molecule has 0 aliphatic carbocycles. The highest BCUT2D eigenvalue weighted by atomic mass is 16.5. The Morgan fingerprint density at radius 1 is 0.923 bits per heavy atom. The maximum Gasteiger partial charge on any atom is 0.159 e. The van der Waals surface area contributed by atoms with E-state index in [9.17, 15) is 4.79 Å². The number of carbonyl (C=O) groups is 1. The highest BCUT2D eigenvalue weighted by Gasteiger charge is 2.05. The zero-order valence-corrected chi connectivity index (χ0v) is 15.2. The molecule has 0 radical (unpaired) electrons. The van der Waals surface area contributed by atoms with Crippen molar-refractivity contribution in [2.75, 3.05) is 0 Å². The SMILES string of the molecule is C=C(N)/C=C\C(=C/C)OC(=C)c1ccc(-c2ccc(C(C)=O)cc2)cc1. The van der Waals surface area contributed by atoms with Crippen molar-refractivity contribution in [3.05, 3.63) is 102 Å². The second-order valence-electron chi connectivity index (χ2n) is 5.84. The summed E-state index contributed by atoms with van der Waals surface area (Å²) in [4.78, 5) is 11.4. The molecule has 3 heteroatoms. The minimum absolute atomic E-state index is 0.0624. The summed E-state index contributed by atoms with van der Waals surface area (Å²) in [6, 6.07) is 15.5. The average molecular weight is 345 g/mol. The van der Waals surface area contributed by atoms with Crippen LogP contribution >= 0.6 is 0 Å². The van der Waals surface area contributed by atoms with Crippen molar-refractivity contribution in [2.24, 2.45) is 5.73 Å². The van der Waals surface area contributed by atoms with Gasteiger partial charge in [-0.3, -0.25) is 4.79 Å². The van der Waals surface area contributed by atoms with Gasteiger partial charge in [-0.1, -0.05) is 61.7 Å². The lowest BCUT2D eigenvalue weighted by Crippen LogP contribution is -1.93. The quantitative estimate of drug-likeness (QED) is 0.411. The Labute approximate surface area is 154 Å². The van der Waals surface area contributed by atoms with E-state index in [1.807, 2.05) is 61.5 Å². The van der Waals surface area contributed by atoms with Crippen LogP contribution in [0.15, 0.2) is 91.4 Å². The Morgan fingerprint density at radius 2 is 1.42 bits per heavy atom. The summed E-state index contributed by atoms with van der Waals surface area (Å²) >= 11 is 0. The number of Topliss-reactive ketones (excluding diaryl/α,β-unsaturated/α-hetero) is 1. The maximum absolute atomic E-state index is 11.4. The van der Waals surface area contributed by atoms with Crippen LogP contribution in [0.2, 0.25) is 0 Å². The Kier molecular flexibility index (Phi) is 6.34. The second-order valence-corrected chi connectivity index (χ2v) is 5.84. The van der Waals surface area contributed by atoms with E-state index in [0.29, 0.717) is 22.8 Å². The van der Waals surface area contributed by atoms with Crippen molar-refractivity contribution in [3.8, 4) is 11.1 Å². The van der Waals surface area contributed by atoms with Crippen LogP contribution < -0.4 is 5.73 Å². The number of hydrogen-bond donors (Lipinski definition) is 1. The van der Waals surface area contributed by atoms with Crippen LogP contribution in [0, 0.1) is 0 Å². The Balaban J connectivity index is 2.12. The largest absolute Gasteiger partial charge is 0.458 e. The summed E-state index contributed by atoms with van der Waals surface area (Å²) in [5.74, 6) is 1.25. The minimum atomic E-state index is 0.0624.